The van der Waals surface area contributed by atoms with Crippen LogP contribution in [0.5, 0.6) is 0 Å². The van der Waals surface area contributed by atoms with E-state index in [1.165, 1.54) is 18.2 Å². The highest BCUT2D eigenvalue weighted by Crippen LogP contribution is 2.19. The maximum absolute atomic E-state index is 13.0. The molecule has 20 heavy (non-hydrogen) atoms. The Hall–Kier alpha value is -2.01. The van der Waals surface area contributed by atoms with Gasteiger partial charge < -0.3 is 11.1 Å². The van der Waals surface area contributed by atoms with Gasteiger partial charge in [0, 0.05) is 22.8 Å². The third-order valence-corrected chi connectivity index (χ3v) is 3.63. The van der Waals surface area contributed by atoms with Crippen molar-refractivity contribution in [3.8, 4) is 0 Å². The lowest BCUT2D eigenvalue weighted by molar-refractivity contribution is -0.115. The number of hydrogen-bond donors (Lipinski definition) is 2. The summed E-state index contributed by atoms with van der Waals surface area (Å²) in [5.74, 6) is 0.0917. The largest absolute Gasteiger partial charge is 0.396 e. The number of halogens is 1. The third-order valence-electron chi connectivity index (χ3n) is 2.62. The van der Waals surface area contributed by atoms with E-state index in [1.807, 2.05) is 30.3 Å². The zero-order valence-electron chi connectivity index (χ0n) is 10.8. The van der Waals surface area contributed by atoms with Crippen LogP contribution in [-0.2, 0) is 4.79 Å². The van der Waals surface area contributed by atoms with Crippen LogP contribution in [0.25, 0.3) is 0 Å². The summed E-state index contributed by atoms with van der Waals surface area (Å²) in [6, 6.07) is 14.0. The Balaban J connectivity index is 1.79. The van der Waals surface area contributed by atoms with Gasteiger partial charge in [0.1, 0.15) is 5.82 Å². The van der Waals surface area contributed by atoms with Crippen LogP contribution < -0.4 is 11.1 Å². The molecular formula is C15H15FN2OS. The Morgan fingerprint density at radius 2 is 1.95 bits per heavy atom. The molecule has 0 fully saturated rings. The molecule has 5 heteroatoms. The quantitative estimate of drug-likeness (QED) is 0.654. The number of anilines is 2. The SMILES string of the molecule is Nc1cc(NC(=O)CCSc2ccccc2)ccc1F. The van der Waals surface area contributed by atoms with E-state index in [-0.39, 0.29) is 11.6 Å². The van der Waals surface area contributed by atoms with Crippen molar-refractivity contribution < 1.29 is 9.18 Å². The van der Waals surface area contributed by atoms with Crippen molar-refractivity contribution in [2.24, 2.45) is 0 Å². The number of benzene rings is 2. The smallest absolute Gasteiger partial charge is 0.225 e. The number of carbonyl (C=O) groups is 1. The first kappa shape index (κ1) is 14.4. The molecular weight excluding hydrogens is 275 g/mol. The van der Waals surface area contributed by atoms with E-state index in [1.54, 1.807) is 11.8 Å². The first-order chi connectivity index (χ1) is 9.65. The van der Waals surface area contributed by atoms with Crippen molar-refractivity contribution in [2.45, 2.75) is 11.3 Å². The number of carbonyl (C=O) groups excluding carboxylic acids is 1. The Morgan fingerprint density at radius 3 is 2.65 bits per heavy atom. The van der Waals surface area contributed by atoms with Crippen LogP contribution in [0.4, 0.5) is 15.8 Å². The summed E-state index contributed by atoms with van der Waals surface area (Å²) in [6.07, 6.45) is 0.386. The number of hydrogen-bond acceptors (Lipinski definition) is 3. The average molecular weight is 290 g/mol. The van der Waals surface area contributed by atoms with Crippen molar-refractivity contribution in [3.63, 3.8) is 0 Å². The van der Waals surface area contributed by atoms with E-state index in [0.29, 0.717) is 17.9 Å². The van der Waals surface area contributed by atoms with Gasteiger partial charge in [-0.05, 0) is 30.3 Å². The van der Waals surface area contributed by atoms with E-state index >= 15 is 0 Å². The Morgan fingerprint density at radius 1 is 1.20 bits per heavy atom. The first-order valence-corrected chi connectivity index (χ1v) is 7.16. The van der Waals surface area contributed by atoms with Crippen LogP contribution in [-0.4, -0.2) is 11.7 Å². The van der Waals surface area contributed by atoms with Crippen LogP contribution >= 0.6 is 11.8 Å². The molecule has 0 saturated heterocycles. The predicted octanol–water partition coefficient (Wildman–Crippen LogP) is 3.53. The monoisotopic (exact) mass is 290 g/mol. The molecule has 104 valence electrons. The molecule has 0 aromatic heterocycles. The van der Waals surface area contributed by atoms with E-state index < -0.39 is 5.82 Å². The number of amides is 1. The molecule has 0 spiro atoms. The van der Waals surface area contributed by atoms with Crippen LogP contribution in [0.3, 0.4) is 0 Å². The number of nitrogen functional groups attached to an aromatic ring is 1. The summed E-state index contributed by atoms with van der Waals surface area (Å²) in [5.41, 5.74) is 5.98. The summed E-state index contributed by atoms with van der Waals surface area (Å²) >= 11 is 1.62. The van der Waals surface area contributed by atoms with Gasteiger partial charge in [-0.15, -0.1) is 11.8 Å². The highest BCUT2D eigenvalue weighted by molar-refractivity contribution is 7.99. The summed E-state index contributed by atoms with van der Waals surface area (Å²) in [6.45, 7) is 0. The van der Waals surface area contributed by atoms with Gasteiger partial charge in [-0.1, -0.05) is 18.2 Å². The maximum atomic E-state index is 13.0. The van der Waals surface area contributed by atoms with Gasteiger partial charge in [-0.3, -0.25) is 4.79 Å². The lowest BCUT2D eigenvalue weighted by Crippen LogP contribution is -2.12. The normalized spacial score (nSPS) is 10.2. The summed E-state index contributed by atoms with van der Waals surface area (Å²) in [4.78, 5) is 12.9. The first-order valence-electron chi connectivity index (χ1n) is 6.18. The van der Waals surface area contributed by atoms with Gasteiger partial charge in [0.2, 0.25) is 5.91 Å². The highest BCUT2D eigenvalue weighted by atomic mass is 32.2. The van der Waals surface area contributed by atoms with Crippen molar-refractivity contribution in [2.75, 3.05) is 16.8 Å². The molecule has 2 aromatic rings. The number of rotatable bonds is 5. The minimum absolute atomic E-state index is 0.0291. The van der Waals surface area contributed by atoms with Crippen molar-refractivity contribution >= 4 is 29.0 Å². The molecule has 0 radical (unpaired) electrons. The predicted molar refractivity (Wildman–Crippen MR) is 81.2 cm³/mol. The van der Waals surface area contributed by atoms with E-state index in [9.17, 15) is 9.18 Å². The highest BCUT2D eigenvalue weighted by Gasteiger charge is 2.05. The topological polar surface area (TPSA) is 55.1 Å². The molecule has 0 saturated carbocycles. The molecule has 0 atom stereocenters. The Kier molecular flexibility index (Phi) is 5.01. The molecule has 2 rings (SSSR count). The van der Waals surface area contributed by atoms with E-state index in [2.05, 4.69) is 5.32 Å². The molecule has 0 aliphatic heterocycles. The minimum atomic E-state index is -0.484. The molecule has 3 N–H and O–H groups in total. The number of nitrogens with one attached hydrogen (secondary N) is 1. The minimum Gasteiger partial charge on any atom is -0.396 e. The maximum Gasteiger partial charge on any atom is 0.225 e. The second kappa shape index (κ2) is 6.96. The molecule has 2 aromatic carbocycles. The molecule has 1 amide bonds. The fourth-order valence-electron chi connectivity index (χ4n) is 1.62. The average Bonchev–Trinajstić information content (AvgIpc) is 2.44. The molecule has 0 unspecified atom stereocenters. The van der Waals surface area contributed by atoms with Crippen LogP contribution in [0.2, 0.25) is 0 Å². The van der Waals surface area contributed by atoms with Gasteiger partial charge in [-0.25, -0.2) is 4.39 Å². The van der Waals surface area contributed by atoms with E-state index in [4.69, 9.17) is 5.73 Å². The van der Waals surface area contributed by atoms with Gasteiger partial charge in [0.25, 0.3) is 0 Å². The lowest BCUT2D eigenvalue weighted by Gasteiger charge is -2.06. The Labute approximate surface area is 121 Å². The van der Waals surface area contributed by atoms with Gasteiger partial charge in [0.15, 0.2) is 0 Å². The Bertz CT molecular complexity index is 590. The summed E-state index contributed by atoms with van der Waals surface area (Å²) < 4.78 is 13.0. The molecule has 0 aliphatic carbocycles. The van der Waals surface area contributed by atoms with Gasteiger partial charge in [-0.2, -0.15) is 0 Å². The summed E-state index contributed by atoms with van der Waals surface area (Å²) in [7, 11) is 0. The van der Waals surface area contributed by atoms with Crippen LogP contribution in [0.1, 0.15) is 6.42 Å². The van der Waals surface area contributed by atoms with Crippen molar-refractivity contribution in [3.05, 3.63) is 54.3 Å². The summed E-state index contributed by atoms with van der Waals surface area (Å²) in [5, 5.41) is 2.70. The van der Waals surface area contributed by atoms with Crippen molar-refractivity contribution in [1.29, 1.82) is 0 Å². The third kappa shape index (κ3) is 4.28. The fourth-order valence-corrected chi connectivity index (χ4v) is 2.50. The molecule has 0 bridgehead atoms. The molecule has 0 heterocycles. The van der Waals surface area contributed by atoms with Gasteiger partial charge >= 0.3 is 0 Å². The fraction of sp³-hybridized carbons (Fsp3) is 0.133. The zero-order valence-corrected chi connectivity index (χ0v) is 11.6. The van der Waals surface area contributed by atoms with Crippen LogP contribution in [0, 0.1) is 5.82 Å². The number of thioether (sulfide) groups is 1. The van der Waals surface area contributed by atoms with E-state index in [0.717, 1.165) is 4.90 Å². The van der Waals surface area contributed by atoms with Crippen molar-refractivity contribution in [1.82, 2.24) is 0 Å². The van der Waals surface area contributed by atoms with Gasteiger partial charge in [0.05, 0.1) is 5.69 Å². The standard InChI is InChI=1S/C15H15FN2OS/c16-13-7-6-11(10-14(13)17)18-15(19)8-9-20-12-4-2-1-3-5-12/h1-7,10H,8-9,17H2,(H,18,19). The molecule has 3 nitrogen and oxygen atoms in total. The second-order valence-electron chi connectivity index (χ2n) is 4.20. The lowest BCUT2D eigenvalue weighted by atomic mass is 10.2. The zero-order chi connectivity index (χ0) is 14.4. The second-order valence-corrected chi connectivity index (χ2v) is 5.36. The van der Waals surface area contributed by atoms with Crippen LogP contribution in [0.15, 0.2) is 53.4 Å². The number of nitrogens with two attached hydrogens (primary N) is 1. The molecule has 0 aliphatic rings.